The van der Waals surface area contributed by atoms with Crippen LogP contribution in [-0.2, 0) is 9.47 Å². The zero-order valence-corrected chi connectivity index (χ0v) is 20.0. The summed E-state index contributed by atoms with van der Waals surface area (Å²) in [6.45, 7) is 2.08. The fourth-order valence-electron chi connectivity index (χ4n) is 4.88. The maximum Gasteiger partial charge on any atom is 0.146 e. The van der Waals surface area contributed by atoms with Gasteiger partial charge in [-0.25, -0.2) is 0 Å². The Hall–Kier alpha value is -2.71. The third-order valence-electron chi connectivity index (χ3n) is 6.32. The summed E-state index contributed by atoms with van der Waals surface area (Å²) in [5.74, 6) is 0. The average molecular weight is 456 g/mol. The lowest BCUT2D eigenvalue weighted by atomic mass is 10.1. The molecule has 0 saturated carbocycles. The van der Waals surface area contributed by atoms with Crippen LogP contribution in [0.3, 0.4) is 0 Å². The molecule has 0 aliphatic carbocycles. The van der Waals surface area contributed by atoms with Gasteiger partial charge in [-0.15, -0.1) is 0 Å². The molecule has 33 heavy (non-hydrogen) atoms. The molecule has 3 nitrogen and oxygen atoms in total. The Kier molecular flexibility index (Phi) is 7.02. The van der Waals surface area contributed by atoms with E-state index in [4.69, 9.17) is 9.47 Å². The Morgan fingerprint density at radius 2 is 1.48 bits per heavy atom. The molecule has 4 aromatic rings. The Labute approximate surface area is 197 Å². The number of ether oxygens (including phenoxy) is 2. The Morgan fingerprint density at radius 1 is 0.818 bits per heavy atom. The summed E-state index contributed by atoms with van der Waals surface area (Å²) in [6, 6.07) is 35.8. The second-order valence-corrected chi connectivity index (χ2v) is 10.6. The van der Waals surface area contributed by atoms with Crippen molar-refractivity contribution in [3.05, 3.63) is 97.1 Å². The first-order valence-corrected chi connectivity index (χ1v) is 13.0. The van der Waals surface area contributed by atoms with Gasteiger partial charge in [0.15, 0.2) is 0 Å². The maximum atomic E-state index is 5.84. The number of hydrogen-bond donors (Lipinski definition) is 0. The second kappa shape index (κ2) is 10.5. The smallest absolute Gasteiger partial charge is 0.146 e. The minimum Gasteiger partial charge on any atom is -0.365 e. The van der Waals surface area contributed by atoms with Gasteiger partial charge in [-0.2, -0.15) is 0 Å². The van der Waals surface area contributed by atoms with Gasteiger partial charge in [0.2, 0.25) is 0 Å². The van der Waals surface area contributed by atoms with Crippen LogP contribution in [0.2, 0.25) is 0 Å². The Morgan fingerprint density at radius 3 is 2.18 bits per heavy atom. The van der Waals surface area contributed by atoms with Crippen LogP contribution in [0.4, 0.5) is 5.69 Å². The lowest BCUT2D eigenvalue weighted by Gasteiger charge is -2.33. The molecule has 1 aliphatic rings. The molecular weight excluding hydrogens is 425 g/mol. The van der Waals surface area contributed by atoms with Gasteiger partial charge in [0.25, 0.3) is 0 Å². The van der Waals surface area contributed by atoms with Crippen molar-refractivity contribution in [1.82, 2.24) is 0 Å². The van der Waals surface area contributed by atoms with Crippen molar-refractivity contribution in [2.24, 2.45) is 0 Å². The summed E-state index contributed by atoms with van der Waals surface area (Å²) in [5.41, 5.74) is 1.37. The van der Waals surface area contributed by atoms with Crippen molar-refractivity contribution >= 4 is 40.3 Å². The van der Waals surface area contributed by atoms with Gasteiger partial charge in [-0.3, -0.25) is 0 Å². The number of methoxy groups -OCH3 is 1. The van der Waals surface area contributed by atoms with E-state index in [1.54, 1.807) is 7.11 Å². The molecule has 1 aliphatic heterocycles. The third kappa shape index (κ3) is 4.68. The van der Waals surface area contributed by atoms with E-state index in [2.05, 4.69) is 102 Å². The lowest BCUT2D eigenvalue weighted by molar-refractivity contribution is -0.0345. The predicted molar refractivity (Wildman–Crippen MR) is 141 cm³/mol. The molecule has 4 aromatic carbocycles. The standard InChI is InChI=1S/C29H30NO2P/c1-31-22-32-21-24-12-10-20-30(24)29-27-17-9-8-11-23(27)18-19-28(29)33(25-13-4-2-5-14-25)26-15-6-3-7-16-26/h2-9,11,13-19,24H,10,12,20-22H2,1H3/t24-/m0/s1. The van der Waals surface area contributed by atoms with Crippen LogP contribution in [0, 0.1) is 0 Å². The summed E-state index contributed by atoms with van der Waals surface area (Å²) in [4.78, 5) is 2.61. The molecular formula is C29H30NO2P. The van der Waals surface area contributed by atoms with Crippen molar-refractivity contribution in [3.8, 4) is 0 Å². The van der Waals surface area contributed by atoms with E-state index in [1.165, 1.54) is 38.8 Å². The quantitative estimate of drug-likeness (QED) is 0.207. The first kappa shape index (κ1) is 22.1. The largest absolute Gasteiger partial charge is 0.365 e. The fraction of sp³-hybridized carbons (Fsp3) is 0.241. The minimum absolute atomic E-state index is 0.341. The fourth-order valence-corrected chi connectivity index (χ4v) is 7.36. The van der Waals surface area contributed by atoms with Gasteiger partial charge in [0, 0.05) is 24.3 Å². The van der Waals surface area contributed by atoms with E-state index >= 15 is 0 Å². The summed E-state index contributed by atoms with van der Waals surface area (Å²) in [6.07, 6.45) is 2.32. The molecule has 1 heterocycles. The molecule has 1 saturated heterocycles. The number of nitrogens with zero attached hydrogens (tertiary/aromatic N) is 1. The molecule has 0 spiro atoms. The topological polar surface area (TPSA) is 21.7 Å². The van der Waals surface area contributed by atoms with Gasteiger partial charge in [0.1, 0.15) is 6.79 Å². The van der Waals surface area contributed by atoms with Crippen molar-refractivity contribution in [2.45, 2.75) is 18.9 Å². The molecule has 1 atom stereocenters. The summed E-state index contributed by atoms with van der Waals surface area (Å²) < 4.78 is 11.0. The lowest BCUT2D eigenvalue weighted by Crippen LogP contribution is -2.37. The number of rotatable bonds is 8. The van der Waals surface area contributed by atoms with Crippen LogP contribution < -0.4 is 20.8 Å². The zero-order chi connectivity index (χ0) is 22.5. The van der Waals surface area contributed by atoms with Crippen LogP contribution in [-0.4, -0.2) is 33.1 Å². The first-order valence-electron chi connectivity index (χ1n) is 11.6. The van der Waals surface area contributed by atoms with Gasteiger partial charge in [0.05, 0.1) is 18.3 Å². The van der Waals surface area contributed by atoms with E-state index < -0.39 is 7.92 Å². The normalized spacial score (nSPS) is 16.1. The summed E-state index contributed by atoms with van der Waals surface area (Å²) >= 11 is 0. The van der Waals surface area contributed by atoms with E-state index in [-0.39, 0.29) is 0 Å². The van der Waals surface area contributed by atoms with Crippen LogP contribution >= 0.6 is 7.92 Å². The Balaban J connectivity index is 1.69. The monoisotopic (exact) mass is 455 g/mol. The number of fused-ring (bicyclic) bond motifs is 1. The summed E-state index contributed by atoms with van der Waals surface area (Å²) in [7, 11) is 0.984. The third-order valence-corrected chi connectivity index (χ3v) is 8.80. The molecule has 0 aromatic heterocycles. The molecule has 4 heteroatoms. The molecule has 5 rings (SSSR count). The van der Waals surface area contributed by atoms with Gasteiger partial charge < -0.3 is 14.4 Å². The van der Waals surface area contributed by atoms with Crippen LogP contribution in [0.25, 0.3) is 10.8 Å². The molecule has 1 fully saturated rings. The van der Waals surface area contributed by atoms with Crippen LogP contribution in [0.1, 0.15) is 12.8 Å². The van der Waals surface area contributed by atoms with Crippen LogP contribution in [0.15, 0.2) is 97.1 Å². The SMILES string of the molecule is COCOC[C@@H]1CCCN1c1c(P(c2ccccc2)c2ccccc2)ccc2ccccc12. The zero-order valence-electron chi connectivity index (χ0n) is 19.1. The first-order chi connectivity index (χ1) is 16.4. The number of benzene rings is 4. The predicted octanol–water partition coefficient (Wildman–Crippen LogP) is 5.19. The van der Waals surface area contributed by atoms with Crippen molar-refractivity contribution in [2.75, 3.05) is 32.0 Å². The molecule has 0 radical (unpaired) electrons. The molecule has 0 bridgehead atoms. The highest BCUT2D eigenvalue weighted by atomic mass is 31.1. The van der Waals surface area contributed by atoms with Gasteiger partial charge >= 0.3 is 0 Å². The molecule has 168 valence electrons. The maximum absolute atomic E-state index is 5.84. The number of anilines is 1. The van der Waals surface area contributed by atoms with Crippen molar-refractivity contribution in [3.63, 3.8) is 0 Å². The Bertz CT molecular complexity index is 1140. The summed E-state index contributed by atoms with van der Waals surface area (Å²) in [5, 5.41) is 6.78. The highest BCUT2D eigenvalue weighted by molar-refractivity contribution is 7.80. The highest BCUT2D eigenvalue weighted by Gasteiger charge is 2.31. The van der Waals surface area contributed by atoms with Crippen LogP contribution in [0.5, 0.6) is 0 Å². The molecule has 0 unspecified atom stereocenters. The van der Waals surface area contributed by atoms with Crippen molar-refractivity contribution < 1.29 is 9.47 Å². The van der Waals surface area contributed by atoms with E-state index in [9.17, 15) is 0 Å². The van der Waals surface area contributed by atoms with Gasteiger partial charge in [-0.05, 0) is 36.8 Å². The van der Waals surface area contributed by atoms with E-state index in [0.29, 0.717) is 19.4 Å². The van der Waals surface area contributed by atoms with Gasteiger partial charge in [-0.1, -0.05) is 97.1 Å². The minimum atomic E-state index is -0.698. The average Bonchev–Trinajstić information content (AvgIpc) is 3.33. The van der Waals surface area contributed by atoms with Crippen molar-refractivity contribution in [1.29, 1.82) is 0 Å². The highest BCUT2D eigenvalue weighted by Crippen LogP contribution is 2.41. The number of hydrogen-bond acceptors (Lipinski definition) is 3. The second-order valence-electron chi connectivity index (χ2n) is 8.43. The molecule has 0 N–H and O–H groups in total. The van der Waals surface area contributed by atoms with E-state index in [1.807, 2.05) is 0 Å². The molecule has 0 amide bonds. The van der Waals surface area contributed by atoms with E-state index in [0.717, 1.165) is 13.0 Å².